The van der Waals surface area contributed by atoms with E-state index in [0.29, 0.717) is 12.0 Å². The lowest BCUT2D eigenvalue weighted by atomic mass is 10.1. The van der Waals surface area contributed by atoms with Crippen LogP contribution in [0.3, 0.4) is 0 Å². The summed E-state index contributed by atoms with van der Waals surface area (Å²) in [5.74, 6) is -0.327. The van der Waals surface area contributed by atoms with E-state index in [-0.39, 0.29) is 11.5 Å². The Morgan fingerprint density at radius 2 is 2.20 bits per heavy atom. The van der Waals surface area contributed by atoms with Crippen LogP contribution in [0, 0.1) is 11.2 Å². The highest BCUT2D eigenvalue weighted by Gasteiger charge is 2.36. The van der Waals surface area contributed by atoms with Gasteiger partial charge >= 0.3 is 0 Å². The summed E-state index contributed by atoms with van der Waals surface area (Å²) >= 11 is 0. The highest BCUT2D eigenvalue weighted by atomic mass is 19.1. The van der Waals surface area contributed by atoms with Crippen LogP contribution in [0.4, 0.5) is 10.1 Å². The SMILES string of the molecule is CC1(CNCc2ccc(N)c(F)c2)CC1. The molecule has 2 rings (SSSR count). The third-order valence-electron chi connectivity index (χ3n) is 3.05. The number of hydrogen-bond donors (Lipinski definition) is 2. The molecule has 1 aliphatic carbocycles. The maximum atomic E-state index is 13.1. The van der Waals surface area contributed by atoms with Gasteiger partial charge in [0.05, 0.1) is 5.69 Å². The molecule has 1 aromatic carbocycles. The fraction of sp³-hybridized carbons (Fsp3) is 0.500. The molecule has 0 aliphatic heterocycles. The van der Waals surface area contributed by atoms with Crippen LogP contribution in [0.2, 0.25) is 0 Å². The van der Waals surface area contributed by atoms with Crippen molar-refractivity contribution in [3.8, 4) is 0 Å². The molecule has 1 fully saturated rings. The number of hydrogen-bond acceptors (Lipinski definition) is 2. The van der Waals surface area contributed by atoms with Crippen LogP contribution in [0.15, 0.2) is 18.2 Å². The molecule has 0 spiro atoms. The molecule has 0 radical (unpaired) electrons. The van der Waals surface area contributed by atoms with Gasteiger partial charge in [-0.15, -0.1) is 0 Å². The fourth-order valence-corrected chi connectivity index (χ4v) is 1.58. The van der Waals surface area contributed by atoms with Crippen molar-refractivity contribution in [2.24, 2.45) is 5.41 Å². The summed E-state index contributed by atoms with van der Waals surface area (Å²) < 4.78 is 13.1. The number of halogens is 1. The van der Waals surface area contributed by atoms with Crippen molar-refractivity contribution in [3.05, 3.63) is 29.6 Å². The molecule has 3 heteroatoms. The summed E-state index contributed by atoms with van der Waals surface area (Å²) in [5, 5.41) is 3.34. The summed E-state index contributed by atoms with van der Waals surface area (Å²) in [5.41, 5.74) is 7.06. The average Bonchev–Trinajstić information content (AvgIpc) is 2.90. The molecule has 0 unspecified atom stereocenters. The lowest BCUT2D eigenvalue weighted by molar-refractivity contribution is 0.498. The topological polar surface area (TPSA) is 38.0 Å². The Morgan fingerprint density at radius 1 is 1.47 bits per heavy atom. The monoisotopic (exact) mass is 208 g/mol. The van der Waals surface area contributed by atoms with E-state index in [9.17, 15) is 4.39 Å². The van der Waals surface area contributed by atoms with Gasteiger partial charge in [0.2, 0.25) is 0 Å². The van der Waals surface area contributed by atoms with Gasteiger partial charge in [-0.25, -0.2) is 4.39 Å². The largest absolute Gasteiger partial charge is 0.396 e. The zero-order valence-electron chi connectivity index (χ0n) is 9.02. The Hall–Kier alpha value is -1.09. The van der Waals surface area contributed by atoms with Gasteiger partial charge < -0.3 is 11.1 Å². The van der Waals surface area contributed by atoms with Gasteiger partial charge in [-0.05, 0) is 36.0 Å². The first-order valence-electron chi connectivity index (χ1n) is 5.34. The Morgan fingerprint density at radius 3 is 2.80 bits per heavy atom. The smallest absolute Gasteiger partial charge is 0.146 e. The van der Waals surface area contributed by atoms with Crippen molar-refractivity contribution in [1.82, 2.24) is 5.32 Å². The minimum absolute atomic E-state index is 0.216. The molecule has 1 aromatic rings. The molecule has 1 saturated carbocycles. The average molecular weight is 208 g/mol. The summed E-state index contributed by atoms with van der Waals surface area (Å²) in [6, 6.07) is 4.98. The summed E-state index contributed by atoms with van der Waals surface area (Å²) in [6.07, 6.45) is 2.60. The van der Waals surface area contributed by atoms with E-state index in [1.807, 2.05) is 6.07 Å². The fourth-order valence-electron chi connectivity index (χ4n) is 1.58. The van der Waals surface area contributed by atoms with Crippen LogP contribution >= 0.6 is 0 Å². The molecule has 3 N–H and O–H groups in total. The molecule has 15 heavy (non-hydrogen) atoms. The minimum Gasteiger partial charge on any atom is -0.396 e. The molecule has 2 nitrogen and oxygen atoms in total. The van der Waals surface area contributed by atoms with Crippen LogP contribution < -0.4 is 11.1 Å². The Kier molecular flexibility index (Phi) is 2.65. The molecule has 82 valence electrons. The summed E-state index contributed by atoms with van der Waals surface area (Å²) in [7, 11) is 0. The van der Waals surface area contributed by atoms with E-state index in [0.717, 1.165) is 12.1 Å². The molecular weight excluding hydrogens is 191 g/mol. The molecule has 0 amide bonds. The van der Waals surface area contributed by atoms with E-state index in [4.69, 9.17) is 5.73 Å². The van der Waals surface area contributed by atoms with Crippen molar-refractivity contribution in [2.75, 3.05) is 12.3 Å². The lowest BCUT2D eigenvalue weighted by Crippen LogP contribution is -2.21. The normalized spacial score (nSPS) is 17.7. The van der Waals surface area contributed by atoms with Gasteiger partial charge in [-0.2, -0.15) is 0 Å². The minimum atomic E-state index is -0.327. The first-order valence-corrected chi connectivity index (χ1v) is 5.34. The van der Waals surface area contributed by atoms with E-state index in [1.165, 1.54) is 18.9 Å². The second kappa shape index (κ2) is 3.81. The van der Waals surface area contributed by atoms with E-state index < -0.39 is 0 Å². The Balaban J connectivity index is 1.85. The van der Waals surface area contributed by atoms with Crippen molar-refractivity contribution in [2.45, 2.75) is 26.3 Å². The number of nitrogens with one attached hydrogen (secondary N) is 1. The van der Waals surface area contributed by atoms with E-state index in [1.54, 1.807) is 6.07 Å². The number of nitrogens with two attached hydrogens (primary N) is 1. The maximum absolute atomic E-state index is 13.1. The van der Waals surface area contributed by atoms with Gasteiger partial charge in [-0.3, -0.25) is 0 Å². The van der Waals surface area contributed by atoms with Crippen molar-refractivity contribution in [1.29, 1.82) is 0 Å². The molecule has 0 bridgehead atoms. The van der Waals surface area contributed by atoms with Crippen LogP contribution in [0.1, 0.15) is 25.3 Å². The number of benzene rings is 1. The maximum Gasteiger partial charge on any atom is 0.146 e. The molecule has 0 heterocycles. The lowest BCUT2D eigenvalue weighted by Gasteiger charge is -2.10. The zero-order chi connectivity index (χ0) is 10.9. The predicted molar refractivity (Wildman–Crippen MR) is 59.9 cm³/mol. The molecule has 1 aliphatic rings. The van der Waals surface area contributed by atoms with Gasteiger partial charge in [0.15, 0.2) is 0 Å². The van der Waals surface area contributed by atoms with Crippen LogP contribution in [0.25, 0.3) is 0 Å². The van der Waals surface area contributed by atoms with Crippen molar-refractivity contribution < 1.29 is 4.39 Å². The Labute approximate surface area is 89.7 Å². The Bertz CT molecular complexity index is 359. The van der Waals surface area contributed by atoms with Crippen LogP contribution in [-0.2, 0) is 6.54 Å². The standard InChI is InChI=1S/C12H17FN2/c1-12(4-5-12)8-15-7-9-2-3-11(14)10(13)6-9/h2-3,6,15H,4-5,7-8,14H2,1H3. The molecule has 0 aromatic heterocycles. The zero-order valence-corrected chi connectivity index (χ0v) is 9.02. The van der Waals surface area contributed by atoms with Crippen LogP contribution in [-0.4, -0.2) is 6.54 Å². The molecular formula is C12H17FN2. The highest BCUT2D eigenvalue weighted by Crippen LogP contribution is 2.44. The van der Waals surface area contributed by atoms with Gasteiger partial charge in [0.1, 0.15) is 5.82 Å². The number of rotatable bonds is 4. The van der Waals surface area contributed by atoms with Gasteiger partial charge in [0, 0.05) is 13.1 Å². The second-order valence-corrected chi connectivity index (χ2v) is 4.77. The quantitative estimate of drug-likeness (QED) is 0.745. The molecule has 0 saturated heterocycles. The highest BCUT2D eigenvalue weighted by molar-refractivity contribution is 5.41. The van der Waals surface area contributed by atoms with Gasteiger partial charge in [0.25, 0.3) is 0 Å². The third kappa shape index (κ3) is 2.69. The van der Waals surface area contributed by atoms with Crippen molar-refractivity contribution in [3.63, 3.8) is 0 Å². The molecule has 0 atom stereocenters. The van der Waals surface area contributed by atoms with E-state index >= 15 is 0 Å². The van der Waals surface area contributed by atoms with Crippen molar-refractivity contribution >= 4 is 5.69 Å². The number of nitrogen functional groups attached to an aromatic ring is 1. The number of anilines is 1. The van der Waals surface area contributed by atoms with E-state index in [2.05, 4.69) is 12.2 Å². The van der Waals surface area contributed by atoms with Gasteiger partial charge in [-0.1, -0.05) is 13.0 Å². The summed E-state index contributed by atoms with van der Waals surface area (Å²) in [4.78, 5) is 0. The third-order valence-corrected chi connectivity index (χ3v) is 3.05. The first kappa shape index (κ1) is 10.4. The summed E-state index contributed by atoms with van der Waals surface area (Å²) in [6.45, 7) is 4.00. The first-order chi connectivity index (χ1) is 7.09. The second-order valence-electron chi connectivity index (χ2n) is 4.77. The van der Waals surface area contributed by atoms with Crippen LogP contribution in [0.5, 0.6) is 0 Å². The predicted octanol–water partition coefficient (Wildman–Crippen LogP) is 2.30.